The van der Waals surface area contributed by atoms with Gasteiger partial charge in [-0.15, -0.1) is 22.0 Å². The van der Waals surface area contributed by atoms with Gasteiger partial charge in [-0.05, 0) is 36.8 Å². The van der Waals surface area contributed by atoms with Crippen LogP contribution in [0.4, 0.5) is 10.2 Å². The lowest BCUT2D eigenvalue weighted by atomic mass is 10.1. The van der Waals surface area contributed by atoms with Gasteiger partial charge < -0.3 is 15.5 Å². The van der Waals surface area contributed by atoms with Crippen LogP contribution in [0.1, 0.15) is 26.3 Å². The minimum absolute atomic E-state index is 0.205. The van der Waals surface area contributed by atoms with Crippen LogP contribution in [0.15, 0.2) is 64.0 Å². The van der Waals surface area contributed by atoms with E-state index in [1.165, 1.54) is 11.8 Å². The number of nitrogen functional groups attached to an aromatic ring is 1. The average Bonchev–Trinajstić information content (AvgIpc) is 3.30. The summed E-state index contributed by atoms with van der Waals surface area (Å²) in [7, 11) is 0. The molecule has 3 N–H and O–H groups in total. The van der Waals surface area contributed by atoms with Crippen molar-refractivity contribution in [2.24, 2.45) is 0 Å². The molecule has 2 heterocycles. The zero-order chi connectivity index (χ0) is 24.1. The Kier molecular flexibility index (Phi) is 7.54. The molecule has 176 valence electrons. The first-order chi connectivity index (χ1) is 16.4. The number of rotatable bonds is 9. The maximum absolute atomic E-state index is 12.9. The fraction of sp³-hybridized carbons (Fsp3) is 0.280. The van der Waals surface area contributed by atoms with Crippen LogP contribution < -0.4 is 11.1 Å². The molecule has 34 heavy (non-hydrogen) atoms. The standard InChI is InChI=1S/C25H27FN6OS/c1-15(2)34-20-10-8-18(9-11-20)21-14-29-23(27)22(30-21)25-32-31-24(33-25)19-6-4-17(5-7-19)13-28-12-16(3)26/h4-11,14-16,28H,12-13H2,1-3H3,(H2,27,29). The van der Waals surface area contributed by atoms with Crippen molar-refractivity contribution < 1.29 is 8.81 Å². The van der Waals surface area contributed by atoms with Crippen LogP contribution in [-0.2, 0) is 6.54 Å². The van der Waals surface area contributed by atoms with Gasteiger partial charge in [0.25, 0.3) is 5.89 Å². The quantitative estimate of drug-likeness (QED) is 0.309. The van der Waals surface area contributed by atoms with Crippen molar-refractivity contribution in [3.8, 4) is 34.3 Å². The molecule has 1 unspecified atom stereocenters. The van der Waals surface area contributed by atoms with Crippen molar-refractivity contribution in [1.82, 2.24) is 25.5 Å². The maximum Gasteiger partial charge on any atom is 0.270 e. The number of hydrogen-bond donors (Lipinski definition) is 2. The molecule has 4 aromatic rings. The molecule has 9 heteroatoms. The van der Waals surface area contributed by atoms with Crippen molar-refractivity contribution >= 4 is 17.6 Å². The first-order valence-corrected chi connectivity index (χ1v) is 11.9. The van der Waals surface area contributed by atoms with Gasteiger partial charge in [0, 0.05) is 34.4 Å². The van der Waals surface area contributed by atoms with Crippen LogP contribution in [0.2, 0.25) is 0 Å². The predicted octanol–water partition coefficient (Wildman–Crippen LogP) is 5.39. The van der Waals surface area contributed by atoms with E-state index < -0.39 is 6.17 Å². The van der Waals surface area contributed by atoms with Crippen LogP contribution >= 0.6 is 11.8 Å². The molecule has 0 fully saturated rings. The van der Waals surface area contributed by atoms with E-state index >= 15 is 0 Å². The minimum Gasteiger partial charge on any atom is -0.414 e. The van der Waals surface area contributed by atoms with E-state index in [9.17, 15) is 4.39 Å². The topological polar surface area (TPSA) is 103 Å². The number of nitrogens with zero attached hydrogens (tertiary/aromatic N) is 4. The van der Waals surface area contributed by atoms with Gasteiger partial charge in [-0.2, -0.15) is 0 Å². The summed E-state index contributed by atoms with van der Waals surface area (Å²) < 4.78 is 18.8. The molecule has 2 aromatic heterocycles. The van der Waals surface area contributed by atoms with Gasteiger partial charge in [0.15, 0.2) is 11.5 Å². The Morgan fingerprint density at radius 3 is 2.32 bits per heavy atom. The van der Waals surface area contributed by atoms with E-state index in [1.807, 2.05) is 36.4 Å². The van der Waals surface area contributed by atoms with Crippen LogP contribution in [0.5, 0.6) is 0 Å². The number of nitrogens with one attached hydrogen (secondary N) is 1. The zero-order valence-corrected chi connectivity index (χ0v) is 20.1. The summed E-state index contributed by atoms with van der Waals surface area (Å²) in [6, 6.07) is 15.8. The van der Waals surface area contributed by atoms with E-state index in [-0.39, 0.29) is 11.7 Å². The predicted molar refractivity (Wildman–Crippen MR) is 134 cm³/mol. The Hall–Kier alpha value is -3.30. The van der Waals surface area contributed by atoms with Crippen LogP contribution in [0.25, 0.3) is 34.3 Å². The monoisotopic (exact) mass is 478 g/mol. The van der Waals surface area contributed by atoms with Gasteiger partial charge >= 0.3 is 0 Å². The molecule has 0 aliphatic carbocycles. The molecule has 4 rings (SSSR count). The van der Waals surface area contributed by atoms with E-state index in [0.29, 0.717) is 35.6 Å². The van der Waals surface area contributed by atoms with E-state index in [2.05, 4.69) is 51.5 Å². The second kappa shape index (κ2) is 10.8. The number of anilines is 1. The Morgan fingerprint density at radius 1 is 0.971 bits per heavy atom. The SMILES string of the molecule is CC(F)CNCc1ccc(-c2nnc(-c3nc(-c4ccc(SC(C)C)cc4)cnc3N)o2)cc1. The highest BCUT2D eigenvalue weighted by Crippen LogP contribution is 2.29. The van der Waals surface area contributed by atoms with Crippen molar-refractivity contribution in [2.75, 3.05) is 12.3 Å². The lowest BCUT2D eigenvalue weighted by molar-refractivity contribution is 0.344. The fourth-order valence-corrected chi connectivity index (χ4v) is 4.13. The number of halogens is 1. The van der Waals surface area contributed by atoms with Gasteiger partial charge in [0.1, 0.15) is 6.17 Å². The molecule has 0 saturated heterocycles. The smallest absolute Gasteiger partial charge is 0.270 e. The maximum atomic E-state index is 12.9. The van der Waals surface area contributed by atoms with Gasteiger partial charge in [0.2, 0.25) is 5.89 Å². The summed E-state index contributed by atoms with van der Waals surface area (Å²) in [4.78, 5) is 10.1. The Balaban J connectivity index is 1.52. The molecule has 0 aliphatic heterocycles. The molecule has 7 nitrogen and oxygen atoms in total. The first kappa shape index (κ1) is 23.8. The van der Waals surface area contributed by atoms with Crippen molar-refractivity contribution in [3.63, 3.8) is 0 Å². The number of benzene rings is 2. The number of thioether (sulfide) groups is 1. The van der Waals surface area contributed by atoms with Crippen LogP contribution in [-0.4, -0.2) is 38.1 Å². The van der Waals surface area contributed by atoms with Crippen LogP contribution in [0.3, 0.4) is 0 Å². The van der Waals surface area contributed by atoms with Gasteiger partial charge in [-0.25, -0.2) is 14.4 Å². The van der Waals surface area contributed by atoms with Crippen molar-refractivity contribution in [3.05, 3.63) is 60.3 Å². The molecule has 2 aromatic carbocycles. The second-order valence-electron chi connectivity index (χ2n) is 8.20. The molecule has 1 atom stereocenters. The van der Waals surface area contributed by atoms with Crippen molar-refractivity contribution in [1.29, 1.82) is 0 Å². The second-order valence-corrected chi connectivity index (χ2v) is 9.85. The normalized spacial score (nSPS) is 12.3. The largest absolute Gasteiger partial charge is 0.414 e. The summed E-state index contributed by atoms with van der Waals surface area (Å²) >= 11 is 1.80. The van der Waals surface area contributed by atoms with Crippen molar-refractivity contribution in [2.45, 2.75) is 43.6 Å². The van der Waals surface area contributed by atoms with Crippen LogP contribution in [0, 0.1) is 0 Å². The Labute approximate surface area is 202 Å². The minimum atomic E-state index is -0.881. The lowest BCUT2D eigenvalue weighted by Crippen LogP contribution is -2.21. The van der Waals surface area contributed by atoms with Gasteiger partial charge in [0.05, 0.1) is 11.9 Å². The van der Waals surface area contributed by atoms with Gasteiger partial charge in [-0.3, -0.25) is 0 Å². The molecule has 0 spiro atoms. The third-order valence-corrected chi connectivity index (χ3v) is 5.92. The zero-order valence-electron chi connectivity index (χ0n) is 19.3. The number of hydrogen-bond acceptors (Lipinski definition) is 8. The van der Waals surface area contributed by atoms with E-state index in [1.54, 1.807) is 18.0 Å². The highest BCUT2D eigenvalue weighted by Gasteiger charge is 2.17. The summed E-state index contributed by atoms with van der Waals surface area (Å²) in [5.41, 5.74) is 9.81. The summed E-state index contributed by atoms with van der Waals surface area (Å²) in [5.74, 6) is 0.777. The third-order valence-electron chi connectivity index (χ3n) is 4.91. The summed E-state index contributed by atoms with van der Waals surface area (Å²) in [5, 5.41) is 11.9. The number of nitrogens with two attached hydrogens (primary N) is 1. The molecular formula is C25H27FN6OS. The molecule has 0 radical (unpaired) electrons. The number of alkyl halides is 1. The lowest BCUT2D eigenvalue weighted by Gasteiger charge is -2.07. The molecule has 0 aliphatic rings. The summed E-state index contributed by atoms with van der Waals surface area (Å²) in [6.07, 6.45) is 0.755. The van der Waals surface area contributed by atoms with E-state index in [4.69, 9.17) is 10.2 Å². The highest BCUT2D eigenvalue weighted by molar-refractivity contribution is 7.99. The van der Waals surface area contributed by atoms with E-state index in [0.717, 1.165) is 16.7 Å². The Morgan fingerprint density at radius 2 is 1.65 bits per heavy atom. The average molecular weight is 479 g/mol. The first-order valence-electron chi connectivity index (χ1n) is 11.1. The molecule has 0 amide bonds. The molecular weight excluding hydrogens is 451 g/mol. The molecule has 0 saturated carbocycles. The third kappa shape index (κ3) is 5.98. The fourth-order valence-electron chi connectivity index (χ4n) is 3.29. The summed E-state index contributed by atoms with van der Waals surface area (Å²) in [6.45, 7) is 6.75. The number of aromatic nitrogens is 4. The highest BCUT2D eigenvalue weighted by atomic mass is 32.2. The molecule has 0 bridgehead atoms. The van der Waals surface area contributed by atoms with Gasteiger partial charge in [-0.1, -0.05) is 38.1 Å². The Bertz CT molecular complexity index is 1230.